The van der Waals surface area contributed by atoms with E-state index in [1.54, 1.807) is 5.38 Å². The number of amides is 1. The van der Waals surface area contributed by atoms with Gasteiger partial charge in [-0.15, -0.1) is 11.3 Å². The summed E-state index contributed by atoms with van der Waals surface area (Å²) >= 11 is 1.11. The standard InChI is InChI=1S/C11H16N2O4S2/c1-17-9(7-2-3-7)6-19(15,16)13-8-4-10(11(12)14)18-5-8/h4-5,7,9,13H,2-3,6H2,1H3,(H2,12,14). The van der Waals surface area contributed by atoms with Crippen molar-refractivity contribution in [2.24, 2.45) is 11.7 Å². The number of rotatable bonds is 7. The van der Waals surface area contributed by atoms with Crippen LogP contribution in [0.15, 0.2) is 11.4 Å². The number of carbonyl (C=O) groups is 1. The maximum Gasteiger partial charge on any atom is 0.258 e. The summed E-state index contributed by atoms with van der Waals surface area (Å²) in [5.41, 5.74) is 5.48. The van der Waals surface area contributed by atoms with Crippen LogP contribution in [0.25, 0.3) is 0 Å². The fourth-order valence-electron chi connectivity index (χ4n) is 1.82. The number of nitrogens with one attached hydrogen (secondary N) is 1. The van der Waals surface area contributed by atoms with Gasteiger partial charge in [0.25, 0.3) is 5.91 Å². The number of anilines is 1. The van der Waals surface area contributed by atoms with Crippen LogP contribution in [0.2, 0.25) is 0 Å². The van der Waals surface area contributed by atoms with E-state index in [1.165, 1.54) is 13.2 Å². The molecule has 1 amide bonds. The van der Waals surface area contributed by atoms with Crippen LogP contribution in [0.3, 0.4) is 0 Å². The van der Waals surface area contributed by atoms with Crippen molar-refractivity contribution in [1.82, 2.24) is 0 Å². The van der Waals surface area contributed by atoms with Crippen molar-refractivity contribution in [1.29, 1.82) is 0 Å². The molecule has 1 fully saturated rings. The largest absolute Gasteiger partial charge is 0.380 e. The molecule has 8 heteroatoms. The Morgan fingerprint density at radius 1 is 1.63 bits per heavy atom. The van der Waals surface area contributed by atoms with Crippen molar-refractivity contribution in [2.45, 2.75) is 18.9 Å². The lowest BCUT2D eigenvalue weighted by Crippen LogP contribution is -2.29. The number of sulfonamides is 1. The van der Waals surface area contributed by atoms with Gasteiger partial charge in [0, 0.05) is 12.5 Å². The van der Waals surface area contributed by atoms with Gasteiger partial charge in [0.2, 0.25) is 10.0 Å². The van der Waals surface area contributed by atoms with Gasteiger partial charge in [0.05, 0.1) is 22.4 Å². The van der Waals surface area contributed by atoms with Gasteiger partial charge in [0.15, 0.2) is 0 Å². The second kappa shape index (κ2) is 5.48. The molecule has 0 radical (unpaired) electrons. The predicted molar refractivity (Wildman–Crippen MR) is 73.8 cm³/mol. The van der Waals surface area contributed by atoms with E-state index in [4.69, 9.17) is 10.5 Å². The van der Waals surface area contributed by atoms with Crippen molar-refractivity contribution in [3.63, 3.8) is 0 Å². The minimum absolute atomic E-state index is 0.0735. The maximum absolute atomic E-state index is 12.0. The first kappa shape index (κ1) is 14.3. The average molecular weight is 304 g/mol. The smallest absolute Gasteiger partial charge is 0.258 e. The predicted octanol–water partition coefficient (Wildman–Crippen LogP) is 1.01. The molecule has 1 heterocycles. The van der Waals surface area contributed by atoms with E-state index in [1.807, 2.05) is 0 Å². The molecule has 0 spiro atoms. The molecule has 2 rings (SSSR count). The van der Waals surface area contributed by atoms with Crippen LogP contribution in [-0.2, 0) is 14.8 Å². The highest BCUT2D eigenvalue weighted by Gasteiger charge is 2.34. The number of hydrogen-bond donors (Lipinski definition) is 2. The quantitative estimate of drug-likeness (QED) is 0.785. The number of hydrogen-bond acceptors (Lipinski definition) is 5. The lowest BCUT2D eigenvalue weighted by molar-refractivity contribution is 0.100. The van der Waals surface area contributed by atoms with Gasteiger partial charge < -0.3 is 10.5 Å². The third-order valence-corrected chi connectivity index (χ3v) is 5.21. The lowest BCUT2D eigenvalue weighted by atomic mass is 10.3. The fraction of sp³-hybridized carbons (Fsp3) is 0.545. The summed E-state index contributed by atoms with van der Waals surface area (Å²) in [6.45, 7) is 0. The van der Waals surface area contributed by atoms with Crippen molar-refractivity contribution in [3.8, 4) is 0 Å². The molecule has 1 aromatic rings. The highest BCUT2D eigenvalue weighted by atomic mass is 32.2. The Hall–Kier alpha value is -1.12. The van der Waals surface area contributed by atoms with Gasteiger partial charge in [-0.2, -0.15) is 0 Å². The van der Waals surface area contributed by atoms with Crippen LogP contribution < -0.4 is 10.5 Å². The summed E-state index contributed by atoms with van der Waals surface area (Å²) in [6.07, 6.45) is 1.75. The summed E-state index contributed by atoms with van der Waals surface area (Å²) in [4.78, 5) is 11.3. The van der Waals surface area contributed by atoms with Crippen LogP contribution >= 0.6 is 11.3 Å². The summed E-state index contributed by atoms with van der Waals surface area (Å²) in [6, 6.07) is 1.43. The zero-order valence-electron chi connectivity index (χ0n) is 10.5. The number of nitrogens with two attached hydrogens (primary N) is 1. The van der Waals surface area contributed by atoms with Crippen LogP contribution in [0, 0.1) is 5.92 Å². The Bertz CT molecular complexity index is 563. The van der Waals surface area contributed by atoms with Crippen LogP contribution in [0.4, 0.5) is 5.69 Å². The molecule has 1 atom stereocenters. The number of thiophene rings is 1. The molecule has 1 aromatic heterocycles. The minimum atomic E-state index is -3.48. The normalized spacial score (nSPS) is 17.1. The number of primary amides is 1. The molecule has 19 heavy (non-hydrogen) atoms. The molecule has 1 aliphatic carbocycles. The van der Waals surface area contributed by atoms with Gasteiger partial charge >= 0.3 is 0 Å². The van der Waals surface area contributed by atoms with Gasteiger partial charge in [-0.3, -0.25) is 9.52 Å². The Kier molecular flexibility index (Phi) is 4.12. The van der Waals surface area contributed by atoms with Crippen molar-refractivity contribution < 1.29 is 17.9 Å². The summed E-state index contributed by atoms with van der Waals surface area (Å²) < 4.78 is 31.6. The molecule has 0 aromatic carbocycles. The molecule has 106 valence electrons. The zero-order valence-corrected chi connectivity index (χ0v) is 12.1. The molecule has 1 saturated carbocycles. The molecule has 3 N–H and O–H groups in total. The molecular formula is C11H16N2O4S2. The molecule has 1 unspecified atom stereocenters. The minimum Gasteiger partial charge on any atom is -0.380 e. The zero-order chi connectivity index (χ0) is 14.0. The number of carbonyl (C=O) groups excluding carboxylic acids is 1. The highest BCUT2D eigenvalue weighted by Crippen LogP contribution is 2.34. The second-order valence-electron chi connectivity index (χ2n) is 4.56. The van der Waals surface area contributed by atoms with Crippen LogP contribution in [0.1, 0.15) is 22.5 Å². The maximum atomic E-state index is 12.0. The molecular weight excluding hydrogens is 288 g/mol. The molecule has 0 bridgehead atoms. The third-order valence-electron chi connectivity index (χ3n) is 2.95. The van der Waals surface area contributed by atoms with Crippen molar-refractivity contribution in [2.75, 3.05) is 17.6 Å². The van der Waals surface area contributed by atoms with E-state index in [-0.39, 0.29) is 11.9 Å². The Morgan fingerprint density at radius 3 is 2.79 bits per heavy atom. The van der Waals surface area contributed by atoms with Gasteiger partial charge in [-0.25, -0.2) is 8.42 Å². The summed E-state index contributed by atoms with van der Waals surface area (Å²) in [5.74, 6) is -0.302. The number of methoxy groups -OCH3 is 1. The fourth-order valence-corrected chi connectivity index (χ4v) is 3.99. The van der Waals surface area contributed by atoms with Crippen LogP contribution in [0.5, 0.6) is 0 Å². The average Bonchev–Trinajstić information content (AvgIpc) is 3.06. The summed E-state index contributed by atoms with van der Waals surface area (Å²) in [5, 5.41) is 1.55. The summed E-state index contributed by atoms with van der Waals surface area (Å²) in [7, 11) is -1.96. The molecule has 0 aliphatic heterocycles. The SMILES string of the molecule is COC(CS(=O)(=O)Nc1csc(C(N)=O)c1)C1CC1. The van der Waals surface area contributed by atoms with E-state index in [2.05, 4.69) is 4.72 Å². The number of ether oxygens (including phenoxy) is 1. The van der Waals surface area contributed by atoms with Gasteiger partial charge in [-0.1, -0.05) is 0 Å². The lowest BCUT2D eigenvalue weighted by Gasteiger charge is -2.15. The van der Waals surface area contributed by atoms with Crippen LogP contribution in [-0.4, -0.2) is 33.3 Å². The Morgan fingerprint density at radius 2 is 2.32 bits per heavy atom. The van der Waals surface area contributed by atoms with E-state index < -0.39 is 15.9 Å². The monoisotopic (exact) mass is 304 g/mol. The topological polar surface area (TPSA) is 98.5 Å². The first-order valence-electron chi connectivity index (χ1n) is 5.83. The molecule has 0 saturated heterocycles. The van der Waals surface area contributed by atoms with Gasteiger partial charge in [0.1, 0.15) is 0 Å². The second-order valence-corrected chi connectivity index (χ2v) is 7.24. The van der Waals surface area contributed by atoms with E-state index in [0.717, 1.165) is 24.2 Å². The first-order chi connectivity index (χ1) is 8.91. The van der Waals surface area contributed by atoms with Gasteiger partial charge in [-0.05, 0) is 24.8 Å². The Labute approximate surface area is 116 Å². The first-order valence-corrected chi connectivity index (χ1v) is 8.36. The highest BCUT2D eigenvalue weighted by molar-refractivity contribution is 7.92. The Balaban J connectivity index is 2.01. The van der Waals surface area contributed by atoms with E-state index in [9.17, 15) is 13.2 Å². The third kappa shape index (κ3) is 3.92. The molecule has 6 nitrogen and oxygen atoms in total. The van der Waals surface area contributed by atoms with E-state index >= 15 is 0 Å². The molecule has 1 aliphatic rings. The van der Waals surface area contributed by atoms with E-state index in [0.29, 0.717) is 16.5 Å². The van der Waals surface area contributed by atoms with Crippen molar-refractivity contribution >= 4 is 33.0 Å². The van der Waals surface area contributed by atoms with Crippen molar-refractivity contribution in [3.05, 3.63) is 16.3 Å².